The maximum atomic E-state index is 12.3. The molecule has 0 aliphatic carbocycles. The van der Waals surface area contributed by atoms with Crippen molar-refractivity contribution in [1.82, 2.24) is 15.3 Å². The first kappa shape index (κ1) is 21.6. The molecule has 0 unspecified atom stereocenters. The van der Waals surface area contributed by atoms with Crippen molar-refractivity contribution in [2.24, 2.45) is 0 Å². The summed E-state index contributed by atoms with van der Waals surface area (Å²) in [5.41, 5.74) is 2.64. The number of nitrogens with one attached hydrogen (secondary N) is 2. The number of rotatable bonds is 6. The second kappa shape index (κ2) is 9.40. The number of hydrogen-bond donors (Lipinski definition) is 2. The standard InChI is InChI=1S/C25H24N4O6/c30-25(27-11-15-4-2-1-3-5-15)35-21-13-32-22-18(12-31-23(21)22)29-24-26-9-8-17(28-24)16-6-7-19-20(10-16)34-14-33-19/h1-10,18,21-23H,11-14H2,(H,27,30)(H,26,28,29)/t18-,21-,22-,23+/m0/s1. The van der Waals surface area contributed by atoms with E-state index in [1.165, 1.54) is 0 Å². The first-order valence-electron chi connectivity index (χ1n) is 11.4. The van der Waals surface area contributed by atoms with Gasteiger partial charge in [-0.25, -0.2) is 14.8 Å². The zero-order valence-corrected chi connectivity index (χ0v) is 18.8. The molecular weight excluding hydrogens is 452 g/mol. The number of carbonyl (C=O) groups excluding carboxylic acids is 1. The Bertz CT molecular complexity index is 1210. The monoisotopic (exact) mass is 476 g/mol. The summed E-state index contributed by atoms with van der Waals surface area (Å²) in [6.45, 7) is 1.27. The van der Waals surface area contributed by atoms with Gasteiger partial charge in [0.1, 0.15) is 12.2 Å². The Labute approximate surface area is 201 Å². The van der Waals surface area contributed by atoms with E-state index < -0.39 is 12.2 Å². The van der Waals surface area contributed by atoms with E-state index in [0.29, 0.717) is 24.8 Å². The van der Waals surface area contributed by atoms with Crippen molar-refractivity contribution in [3.05, 3.63) is 66.4 Å². The van der Waals surface area contributed by atoms with Crippen LogP contribution in [0.3, 0.4) is 0 Å². The first-order valence-corrected chi connectivity index (χ1v) is 11.4. The van der Waals surface area contributed by atoms with Crippen LogP contribution in [0.25, 0.3) is 11.3 Å². The highest BCUT2D eigenvalue weighted by molar-refractivity contribution is 5.67. The predicted octanol–water partition coefficient (Wildman–Crippen LogP) is 2.75. The van der Waals surface area contributed by atoms with Crippen LogP contribution in [0, 0.1) is 0 Å². The molecule has 2 N–H and O–H groups in total. The van der Waals surface area contributed by atoms with Crippen LogP contribution in [-0.2, 0) is 20.8 Å². The van der Waals surface area contributed by atoms with E-state index in [1.807, 2.05) is 54.6 Å². The molecule has 4 heterocycles. The van der Waals surface area contributed by atoms with E-state index in [0.717, 1.165) is 22.6 Å². The van der Waals surface area contributed by atoms with Gasteiger partial charge < -0.3 is 34.3 Å². The average molecular weight is 476 g/mol. The Hall–Kier alpha value is -3.89. The fourth-order valence-corrected chi connectivity index (χ4v) is 4.45. The molecule has 1 aromatic heterocycles. The maximum Gasteiger partial charge on any atom is 0.407 e. The van der Waals surface area contributed by atoms with Gasteiger partial charge in [0, 0.05) is 18.3 Å². The summed E-state index contributed by atoms with van der Waals surface area (Å²) in [5, 5.41) is 6.08. The predicted molar refractivity (Wildman–Crippen MR) is 124 cm³/mol. The van der Waals surface area contributed by atoms with Gasteiger partial charge in [0.2, 0.25) is 12.7 Å². The number of hydrogen-bond acceptors (Lipinski definition) is 9. The highest BCUT2D eigenvalue weighted by Crippen LogP contribution is 2.36. The molecule has 10 heteroatoms. The Kier molecular flexibility index (Phi) is 5.81. The molecule has 3 aliphatic rings. The van der Waals surface area contributed by atoms with E-state index in [9.17, 15) is 4.79 Å². The summed E-state index contributed by atoms with van der Waals surface area (Å²) in [6.07, 6.45) is 0.0826. The Morgan fingerprint density at radius 1 is 1.00 bits per heavy atom. The van der Waals surface area contributed by atoms with Gasteiger partial charge in [-0.05, 0) is 29.8 Å². The molecule has 3 aliphatic heterocycles. The Balaban J connectivity index is 1.06. The molecule has 2 aromatic carbocycles. The average Bonchev–Trinajstić information content (AvgIpc) is 3.62. The molecule has 0 spiro atoms. The largest absolute Gasteiger partial charge is 0.454 e. The lowest BCUT2D eigenvalue weighted by Gasteiger charge is -2.18. The summed E-state index contributed by atoms with van der Waals surface area (Å²) in [4.78, 5) is 21.3. The highest BCUT2D eigenvalue weighted by Gasteiger charge is 2.49. The Morgan fingerprint density at radius 3 is 2.77 bits per heavy atom. The molecule has 4 atom stereocenters. The Morgan fingerprint density at radius 2 is 1.86 bits per heavy atom. The van der Waals surface area contributed by atoms with Crippen LogP contribution in [-0.4, -0.2) is 60.4 Å². The molecule has 0 saturated carbocycles. The number of fused-ring (bicyclic) bond motifs is 2. The smallest absolute Gasteiger partial charge is 0.407 e. The molecule has 35 heavy (non-hydrogen) atoms. The maximum absolute atomic E-state index is 12.3. The molecule has 1 amide bonds. The minimum atomic E-state index is -0.497. The minimum absolute atomic E-state index is 0.173. The van der Waals surface area contributed by atoms with Gasteiger partial charge in [0.15, 0.2) is 17.6 Å². The third-order valence-electron chi connectivity index (χ3n) is 6.18. The van der Waals surface area contributed by atoms with Gasteiger partial charge in [-0.1, -0.05) is 30.3 Å². The van der Waals surface area contributed by atoms with E-state index in [-0.39, 0.29) is 31.6 Å². The van der Waals surface area contributed by atoms with Gasteiger partial charge in [-0.3, -0.25) is 0 Å². The lowest BCUT2D eigenvalue weighted by atomic mass is 10.1. The van der Waals surface area contributed by atoms with Crippen molar-refractivity contribution >= 4 is 12.0 Å². The van der Waals surface area contributed by atoms with Crippen molar-refractivity contribution in [3.8, 4) is 22.8 Å². The summed E-state index contributed by atoms with van der Waals surface area (Å²) >= 11 is 0. The summed E-state index contributed by atoms with van der Waals surface area (Å²) in [7, 11) is 0. The molecule has 0 bridgehead atoms. The second-order valence-corrected chi connectivity index (χ2v) is 8.46. The summed E-state index contributed by atoms with van der Waals surface area (Å²) < 4.78 is 28.3. The van der Waals surface area contributed by atoms with Crippen LogP contribution in [0.15, 0.2) is 60.8 Å². The number of benzene rings is 2. The fourth-order valence-electron chi connectivity index (χ4n) is 4.45. The SMILES string of the molecule is O=C(NCc1ccccc1)O[C@H]1CO[C@@H]2[C@@H]1OC[C@@H]2Nc1nccc(-c2ccc3c(c2)OCO3)n1. The normalized spacial score (nSPS) is 24.1. The third kappa shape index (κ3) is 4.58. The molecule has 10 nitrogen and oxygen atoms in total. The first-order chi connectivity index (χ1) is 17.2. The van der Waals surface area contributed by atoms with Crippen molar-refractivity contribution in [2.45, 2.75) is 30.9 Å². The van der Waals surface area contributed by atoms with E-state index >= 15 is 0 Å². The molecule has 0 radical (unpaired) electrons. The van der Waals surface area contributed by atoms with Crippen LogP contribution < -0.4 is 20.1 Å². The molecule has 3 aromatic rings. The summed E-state index contributed by atoms with van der Waals surface area (Å²) in [5.74, 6) is 1.88. The van der Waals surface area contributed by atoms with Gasteiger partial charge in [0.25, 0.3) is 0 Å². The third-order valence-corrected chi connectivity index (χ3v) is 6.18. The second-order valence-electron chi connectivity index (χ2n) is 8.46. The number of anilines is 1. The fraction of sp³-hybridized carbons (Fsp3) is 0.320. The topological polar surface area (TPSA) is 113 Å². The van der Waals surface area contributed by atoms with E-state index in [4.69, 9.17) is 23.7 Å². The van der Waals surface area contributed by atoms with Crippen molar-refractivity contribution < 1.29 is 28.5 Å². The van der Waals surface area contributed by atoms with Gasteiger partial charge in [-0.15, -0.1) is 0 Å². The number of nitrogens with zero attached hydrogens (tertiary/aromatic N) is 2. The van der Waals surface area contributed by atoms with Crippen LogP contribution in [0.5, 0.6) is 11.5 Å². The number of amides is 1. The lowest BCUT2D eigenvalue weighted by molar-refractivity contribution is 0.00431. The molecule has 2 fully saturated rings. The number of ether oxygens (including phenoxy) is 5. The minimum Gasteiger partial charge on any atom is -0.454 e. The number of alkyl carbamates (subject to hydrolysis) is 1. The van der Waals surface area contributed by atoms with Crippen LogP contribution >= 0.6 is 0 Å². The van der Waals surface area contributed by atoms with Gasteiger partial charge >= 0.3 is 6.09 Å². The summed E-state index contributed by atoms with van der Waals surface area (Å²) in [6, 6.07) is 17.0. The van der Waals surface area contributed by atoms with Crippen molar-refractivity contribution in [1.29, 1.82) is 0 Å². The molecule has 180 valence electrons. The number of carbonyl (C=O) groups is 1. The molecule has 6 rings (SSSR count). The van der Waals surface area contributed by atoms with Crippen LogP contribution in [0.1, 0.15) is 5.56 Å². The van der Waals surface area contributed by atoms with Gasteiger partial charge in [0.05, 0.1) is 24.9 Å². The molecular formula is C25H24N4O6. The van der Waals surface area contributed by atoms with Crippen molar-refractivity contribution in [3.63, 3.8) is 0 Å². The number of aromatic nitrogens is 2. The lowest BCUT2D eigenvalue weighted by Crippen LogP contribution is -2.39. The van der Waals surface area contributed by atoms with E-state index in [2.05, 4.69) is 20.6 Å². The van der Waals surface area contributed by atoms with Crippen molar-refractivity contribution in [2.75, 3.05) is 25.3 Å². The zero-order valence-electron chi connectivity index (χ0n) is 18.8. The van der Waals surface area contributed by atoms with Gasteiger partial charge in [-0.2, -0.15) is 0 Å². The highest BCUT2D eigenvalue weighted by atomic mass is 16.7. The van der Waals surface area contributed by atoms with E-state index in [1.54, 1.807) is 6.20 Å². The zero-order chi connectivity index (χ0) is 23.6. The van der Waals surface area contributed by atoms with Crippen LogP contribution in [0.4, 0.5) is 10.7 Å². The molecule has 2 saturated heterocycles. The van der Waals surface area contributed by atoms with Crippen LogP contribution in [0.2, 0.25) is 0 Å². The quantitative estimate of drug-likeness (QED) is 0.554.